The second kappa shape index (κ2) is 5.89. The zero-order valence-corrected chi connectivity index (χ0v) is 12.0. The summed E-state index contributed by atoms with van der Waals surface area (Å²) < 4.78 is 28.1. The Hall–Kier alpha value is -1.12. The van der Waals surface area contributed by atoms with E-state index in [4.69, 9.17) is 14.8 Å². The summed E-state index contributed by atoms with van der Waals surface area (Å²) in [6.45, 7) is 4.89. The molecule has 1 aromatic heterocycles. The fourth-order valence-electron chi connectivity index (χ4n) is 1.23. The van der Waals surface area contributed by atoms with E-state index in [-0.39, 0.29) is 17.8 Å². The first kappa shape index (κ1) is 15.9. The number of nitrogens with zero attached hydrogens (tertiary/aromatic N) is 1. The maximum absolute atomic E-state index is 11.8. The van der Waals surface area contributed by atoms with Crippen LogP contribution in [0.25, 0.3) is 0 Å². The van der Waals surface area contributed by atoms with Crippen LogP contribution in [0.1, 0.15) is 20.8 Å². The van der Waals surface area contributed by atoms with E-state index in [0.717, 1.165) is 0 Å². The highest BCUT2D eigenvalue weighted by Gasteiger charge is 2.28. The van der Waals surface area contributed by atoms with Crippen LogP contribution in [0.4, 0.5) is 0 Å². The van der Waals surface area contributed by atoms with Gasteiger partial charge in [0.15, 0.2) is 9.84 Å². The molecule has 6 nitrogen and oxygen atoms in total. The van der Waals surface area contributed by atoms with E-state index in [1.807, 2.05) is 0 Å². The summed E-state index contributed by atoms with van der Waals surface area (Å²) in [6.07, 6.45) is 2.68. The van der Waals surface area contributed by atoms with E-state index in [2.05, 4.69) is 4.98 Å². The Morgan fingerprint density at radius 2 is 1.95 bits per heavy atom. The molecule has 106 valence electrons. The molecule has 0 aromatic carbocycles. The molecule has 8 heteroatoms. The van der Waals surface area contributed by atoms with Gasteiger partial charge in [-0.1, -0.05) is 0 Å². The normalized spacial score (nSPS) is 12.3. The average Bonchev–Trinajstić information content (AvgIpc) is 2.27. The molecule has 1 heterocycles. The molecule has 0 saturated carbocycles. The summed E-state index contributed by atoms with van der Waals surface area (Å²) >= 11 is 0. The van der Waals surface area contributed by atoms with Crippen molar-refractivity contribution in [2.24, 2.45) is 0 Å². The van der Waals surface area contributed by atoms with Gasteiger partial charge in [0.2, 0.25) is 0 Å². The van der Waals surface area contributed by atoms with Gasteiger partial charge in [0, 0.05) is 11.7 Å². The van der Waals surface area contributed by atoms with Crippen LogP contribution in [0, 0.1) is 0 Å². The van der Waals surface area contributed by atoms with Crippen LogP contribution in [-0.2, 0) is 9.84 Å². The standard InChI is InChI=1S/C11H18BNO5S/c1-11(2,3)19(16,17)5-4-18-10-6-9(12(14)15)7-13-8-10/h6-8,14-15H,4-5H2,1-3H3. The molecular weight excluding hydrogens is 269 g/mol. The molecular formula is C11H18BNO5S. The van der Waals surface area contributed by atoms with Crippen molar-refractivity contribution in [3.05, 3.63) is 18.5 Å². The van der Waals surface area contributed by atoms with Crippen molar-refractivity contribution in [2.45, 2.75) is 25.5 Å². The van der Waals surface area contributed by atoms with E-state index >= 15 is 0 Å². The van der Waals surface area contributed by atoms with Crippen LogP contribution in [0.3, 0.4) is 0 Å². The maximum atomic E-state index is 11.8. The van der Waals surface area contributed by atoms with Gasteiger partial charge in [0.05, 0.1) is 16.7 Å². The Balaban J connectivity index is 2.62. The fourth-order valence-corrected chi connectivity index (χ4v) is 2.15. The third-order valence-electron chi connectivity index (χ3n) is 2.59. The highest BCUT2D eigenvalue weighted by Crippen LogP contribution is 2.16. The molecule has 0 unspecified atom stereocenters. The molecule has 0 aliphatic heterocycles. The lowest BCUT2D eigenvalue weighted by molar-refractivity contribution is 0.338. The Bertz CT molecular complexity index is 524. The number of ether oxygens (including phenoxy) is 1. The number of aromatic nitrogens is 1. The summed E-state index contributed by atoms with van der Waals surface area (Å²) in [4.78, 5) is 3.78. The molecule has 0 aliphatic carbocycles. The van der Waals surface area contributed by atoms with Crippen LogP contribution < -0.4 is 10.2 Å². The summed E-state index contributed by atoms with van der Waals surface area (Å²) in [5.41, 5.74) is 0.191. The van der Waals surface area contributed by atoms with Crippen LogP contribution in [-0.4, -0.2) is 47.7 Å². The highest BCUT2D eigenvalue weighted by atomic mass is 32.2. The molecule has 0 aliphatic rings. The molecule has 0 bridgehead atoms. The van der Waals surface area contributed by atoms with Gasteiger partial charge in [-0.3, -0.25) is 4.98 Å². The Kier molecular flexibility index (Phi) is 4.95. The van der Waals surface area contributed by atoms with Crippen molar-refractivity contribution < 1.29 is 23.2 Å². The largest absolute Gasteiger partial charge is 0.491 e. The smallest absolute Gasteiger partial charge is 0.490 e. The summed E-state index contributed by atoms with van der Waals surface area (Å²) in [7, 11) is -4.87. The minimum atomic E-state index is -3.24. The van der Waals surface area contributed by atoms with Crippen molar-refractivity contribution in [2.75, 3.05) is 12.4 Å². The summed E-state index contributed by atoms with van der Waals surface area (Å²) in [6, 6.07) is 1.40. The van der Waals surface area contributed by atoms with Crippen molar-refractivity contribution in [1.82, 2.24) is 4.98 Å². The van der Waals surface area contributed by atoms with E-state index in [1.54, 1.807) is 20.8 Å². The van der Waals surface area contributed by atoms with E-state index in [9.17, 15) is 8.42 Å². The summed E-state index contributed by atoms with van der Waals surface area (Å²) in [5, 5.41) is 17.9. The van der Waals surface area contributed by atoms with E-state index in [0.29, 0.717) is 5.75 Å². The average molecular weight is 287 g/mol. The Morgan fingerprint density at radius 1 is 1.32 bits per heavy atom. The fraction of sp³-hybridized carbons (Fsp3) is 0.545. The number of hydrogen-bond acceptors (Lipinski definition) is 6. The molecule has 1 rings (SSSR count). The SMILES string of the molecule is CC(C)(C)S(=O)(=O)CCOc1cncc(B(O)O)c1. The van der Waals surface area contributed by atoms with E-state index in [1.165, 1.54) is 18.5 Å². The molecule has 0 radical (unpaired) electrons. The third kappa shape index (κ3) is 4.48. The number of pyridine rings is 1. The molecule has 0 amide bonds. The van der Waals surface area contributed by atoms with Crippen LogP contribution in [0.2, 0.25) is 0 Å². The second-order valence-corrected chi connectivity index (χ2v) is 7.97. The first-order chi connectivity index (χ1) is 8.63. The molecule has 2 N–H and O–H groups in total. The van der Waals surface area contributed by atoms with Gasteiger partial charge < -0.3 is 14.8 Å². The minimum absolute atomic E-state index is 0.00768. The lowest BCUT2D eigenvalue weighted by Crippen LogP contribution is -2.33. The minimum Gasteiger partial charge on any atom is -0.491 e. The number of hydrogen-bond donors (Lipinski definition) is 2. The molecule has 0 atom stereocenters. The predicted molar refractivity (Wildman–Crippen MR) is 73.1 cm³/mol. The molecule has 0 spiro atoms. The van der Waals surface area contributed by atoms with Crippen molar-refractivity contribution in [3.63, 3.8) is 0 Å². The molecule has 0 saturated heterocycles. The topological polar surface area (TPSA) is 96.7 Å². The Labute approximate surface area is 113 Å². The molecule has 19 heavy (non-hydrogen) atoms. The van der Waals surface area contributed by atoms with Crippen LogP contribution >= 0.6 is 0 Å². The van der Waals surface area contributed by atoms with Gasteiger partial charge in [0.25, 0.3) is 0 Å². The van der Waals surface area contributed by atoms with Crippen LogP contribution in [0.15, 0.2) is 18.5 Å². The highest BCUT2D eigenvalue weighted by molar-refractivity contribution is 7.92. The van der Waals surface area contributed by atoms with Gasteiger partial charge in [-0.05, 0) is 26.8 Å². The van der Waals surface area contributed by atoms with Crippen molar-refractivity contribution in [1.29, 1.82) is 0 Å². The maximum Gasteiger partial charge on any atom is 0.490 e. The lowest BCUT2D eigenvalue weighted by atomic mass is 9.82. The lowest BCUT2D eigenvalue weighted by Gasteiger charge is -2.19. The zero-order chi connectivity index (χ0) is 14.7. The Morgan fingerprint density at radius 3 is 2.47 bits per heavy atom. The molecule has 1 aromatic rings. The third-order valence-corrected chi connectivity index (χ3v) is 5.16. The first-order valence-corrected chi connectivity index (χ1v) is 7.45. The number of sulfone groups is 1. The first-order valence-electron chi connectivity index (χ1n) is 5.80. The van der Waals surface area contributed by atoms with Crippen LogP contribution in [0.5, 0.6) is 5.75 Å². The van der Waals surface area contributed by atoms with Gasteiger partial charge >= 0.3 is 7.12 Å². The van der Waals surface area contributed by atoms with Gasteiger partial charge in [-0.15, -0.1) is 0 Å². The zero-order valence-electron chi connectivity index (χ0n) is 11.2. The summed E-state index contributed by atoms with van der Waals surface area (Å²) in [5.74, 6) is 0.192. The monoisotopic (exact) mass is 287 g/mol. The van der Waals surface area contributed by atoms with Gasteiger partial charge in [0.1, 0.15) is 12.4 Å². The predicted octanol–water partition coefficient (Wildman–Crippen LogP) is -0.647. The van der Waals surface area contributed by atoms with Crippen molar-refractivity contribution >= 4 is 22.4 Å². The van der Waals surface area contributed by atoms with Gasteiger partial charge in [-0.2, -0.15) is 0 Å². The van der Waals surface area contributed by atoms with E-state index < -0.39 is 21.7 Å². The van der Waals surface area contributed by atoms with Crippen molar-refractivity contribution in [3.8, 4) is 5.75 Å². The molecule has 0 fully saturated rings. The number of rotatable bonds is 5. The van der Waals surface area contributed by atoms with Gasteiger partial charge in [-0.25, -0.2) is 8.42 Å². The quantitative estimate of drug-likeness (QED) is 0.699. The second-order valence-electron chi connectivity index (χ2n) is 5.11.